The second-order valence-electron chi connectivity index (χ2n) is 7.58. The number of carbonyl (C=O) groups is 2. The van der Waals surface area contributed by atoms with Crippen LogP contribution in [0, 0.1) is 0 Å². The topological polar surface area (TPSA) is 72.8 Å². The van der Waals surface area contributed by atoms with Gasteiger partial charge in [-0.2, -0.15) is 0 Å². The minimum atomic E-state index is -0.931. The van der Waals surface area contributed by atoms with Crippen LogP contribution in [0.3, 0.4) is 0 Å². The Labute approximate surface area is 175 Å². The van der Waals surface area contributed by atoms with Gasteiger partial charge in [-0.1, -0.05) is 70.4 Å². The lowest BCUT2D eigenvalue weighted by Gasteiger charge is -2.16. The van der Waals surface area contributed by atoms with E-state index in [1.54, 1.807) is 0 Å². The molecule has 0 saturated carbocycles. The molecule has 0 radical (unpaired) electrons. The third-order valence-electron chi connectivity index (χ3n) is 4.91. The summed E-state index contributed by atoms with van der Waals surface area (Å²) in [6, 6.07) is 7.31. The highest BCUT2D eigenvalue weighted by molar-refractivity contribution is 5.73. The van der Waals surface area contributed by atoms with Crippen LogP contribution < -0.4 is 4.74 Å². The molecule has 1 aromatic carbocycles. The van der Waals surface area contributed by atoms with Crippen LogP contribution in [0.2, 0.25) is 0 Å². The monoisotopic (exact) mass is 406 g/mol. The van der Waals surface area contributed by atoms with E-state index in [4.69, 9.17) is 14.6 Å². The van der Waals surface area contributed by atoms with E-state index in [1.165, 1.54) is 38.5 Å². The predicted octanol–water partition coefficient (Wildman–Crippen LogP) is 5.94. The number of carboxylic acids is 1. The van der Waals surface area contributed by atoms with Crippen molar-refractivity contribution in [3.8, 4) is 5.75 Å². The molecule has 0 aliphatic rings. The van der Waals surface area contributed by atoms with Crippen molar-refractivity contribution in [1.29, 1.82) is 0 Å². The SMILES string of the molecule is CCCCCCCCCCC[C@H](CC(=O)O)OC(=O)Cc1ccc(OCC)cc1. The summed E-state index contributed by atoms with van der Waals surface area (Å²) >= 11 is 0. The number of aliphatic carboxylic acids is 1. The lowest BCUT2D eigenvalue weighted by molar-refractivity contribution is -0.152. The van der Waals surface area contributed by atoms with E-state index < -0.39 is 12.1 Å². The quantitative estimate of drug-likeness (QED) is 0.256. The van der Waals surface area contributed by atoms with Gasteiger partial charge in [-0.25, -0.2) is 0 Å². The van der Waals surface area contributed by atoms with Crippen LogP contribution in [0.4, 0.5) is 0 Å². The summed E-state index contributed by atoms with van der Waals surface area (Å²) < 4.78 is 10.9. The minimum Gasteiger partial charge on any atom is -0.494 e. The average molecular weight is 407 g/mol. The van der Waals surface area contributed by atoms with Gasteiger partial charge in [-0.05, 0) is 37.5 Å². The lowest BCUT2D eigenvalue weighted by Crippen LogP contribution is -2.22. The second-order valence-corrected chi connectivity index (χ2v) is 7.58. The first-order valence-corrected chi connectivity index (χ1v) is 11.2. The molecule has 164 valence electrons. The summed E-state index contributed by atoms with van der Waals surface area (Å²) in [5.74, 6) is -0.546. The Balaban J connectivity index is 2.30. The van der Waals surface area contributed by atoms with Crippen LogP contribution in [-0.4, -0.2) is 29.8 Å². The standard InChI is InChI=1S/C24H38O5/c1-3-5-6-7-8-9-10-11-12-13-22(19-23(25)26)29-24(27)18-20-14-16-21(17-15-20)28-4-2/h14-17,22H,3-13,18-19H2,1-2H3,(H,25,26)/t22-/m1/s1. The van der Waals surface area contributed by atoms with Gasteiger partial charge < -0.3 is 14.6 Å². The number of ether oxygens (including phenoxy) is 2. The fourth-order valence-electron chi connectivity index (χ4n) is 3.34. The summed E-state index contributed by atoms with van der Waals surface area (Å²) in [6.45, 7) is 4.73. The fraction of sp³-hybridized carbons (Fsp3) is 0.667. The summed E-state index contributed by atoms with van der Waals surface area (Å²) in [4.78, 5) is 23.3. The van der Waals surface area contributed by atoms with Crippen molar-refractivity contribution in [2.24, 2.45) is 0 Å². The molecule has 0 unspecified atom stereocenters. The van der Waals surface area contributed by atoms with Gasteiger partial charge in [0.2, 0.25) is 0 Å². The zero-order chi connectivity index (χ0) is 21.3. The maximum atomic E-state index is 12.2. The first-order chi connectivity index (χ1) is 14.0. The van der Waals surface area contributed by atoms with Gasteiger partial charge in [0, 0.05) is 0 Å². The fourth-order valence-corrected chi connectivity index (χ4v) is 3.34. The van der Waals surface area contributed by atoms with Gasteiger partial charge in [-0.15, -0.1) is 0 Å². The highest BCUT2D eigenvalue weighted by Crippen LogP contribution is 2.16. The maximum Gasteiger partial charge on any atom is 0.310 e. The number of hydrogen-bond donors (Lipinski definition) is 1. The first kappa shape index (κ1) is 25.0. The van der Waals surface area contributed by atoms with E-state index in [2.05, 4.69) is 6.92 Å². The molecule has 0 amide bonds. The third kappa shape index (κ3) is 12.9. The lowest BCUT2D eigenvalue weighted by atomic mass is 10.0. The molecule has 0 aromatic heterocycles. The normalized spacial score (nSPS) is 11.8. The second kappa shape index (κ2) is 15.8. The van der Waals surface area contributed by atoms with Crippen LogP contribution in [0.25, 0.3) is 0 Å². The van der Waals surface area contributed by atoms with Gasteiger partial charge in [-0.3, -0.25) is 9.59 Å². The van der Waals surface area contributed by atoms with Gasteiger partial charge in [0.05, 0.1) is 19.4 Å². The van der Waals surface area contributed by atoms with Gasteiger partial charge >= 0.3 is 11.9 Å². The van der Waals surface area contributed by atoms with E-state index >= 15 is 0 Å². The molecule has 1 atom stereocenters. The number of carbonyl (C=O) groups excluding carboxylic acids is 1. The molecule has 5 heteroatoms. The molecule has 0 saturated heterocycles. The van der Waals surface area contributed by atoms with Crippen molar-refractivity contribution in [2.45, 2.75) is 97.0 Å². The molecule has 5 nitrogen and oxygen atoms in total. The summed E-state index contributed by atoms with van der Waals surface area (Å²) in [6.07, 6.45) is 10.9. The molecule has 0 fully saturated rings. The molecule has 1 aromatic rings. The molecule has 29 heavy (non-hydrogen) atoms. The Morgan fingerprint density at radius 1 is 0.897 bits per heavy atom. The Bertz CT molecular complexity index is 567. The van der Waals surface area contributed by atoms with Crippen molar-refractivity contribution in [1.82, 2.24) is 0 Å². The minimum absolute atomic E-state index is 0.133. The summed E-state index contributed by atoms with van der Waals surface area (Å²) in [5.41, 5.74) is 0.829. The van der Waals surface area contributed by atoms with Crippen LogP contribution in [0.5, 0.6) is 5.75 Å². The number of benzene rings is 1. The molecule has 0 bridgehead atoms. The van der Waals surface area contributed by atoms with Crippen molar-refractivity contribution >= 4 is 11.9 Å². The summed E-state index contributed by atoms with van der Waals surface area (Å²) in [5, 5.41) is 9.11. The molecule has 1 N–H and O–H groups in total. The van der Waals surface area contributed by atoms with Crippen molar-refractivity contribution in [3.63, 3.8) is 0 Å². The average Bonchev–Trinajstić information content (AvgIpc) is 2.68. The molecule has 0 aliphatic heterocycles. The van der Waals surface area contributed by atoms with Gasteiger partial charge in [0.1, 0.15) is 11.9 Å². The van der Waals surface area contributed by atoms with Crippen molar-refractivity contribution in [2.75, 3.05) is 6.61 Å². The Morgan fingerprint density at radius 3 is 2.03 bits per heavy atom. The van der Waals surface area contributed by atoms with Gasteiger partial charge in [0.15, 0.2) is 0 Å². The highest BCUT2D eigenvalue weighted by atomic mass is 16.5. The molecule has 0 heterocycles. The smallest absolute Gasteiger partial charge is 0.310 e. The van der Waals surface area contributed by atoms with E-state index in [0.29, 0.717) is 13.0 Å². The van der Waals surface area contributed by atoms with Gasteiger partial charge in [0.25, 0.3) is 0 Å². The maximum absolute atomic E-state index is 12.2. The molecule has 1 rings (SSSR count). The number of hydrogen-bond acceptors (Lipinski definition) is 4. The Kier molecular flexibility index (Phi) is 13.6. The van der Waals surface area contributed by atoms with Crippen molar-refractivity contribution < 1.29 is 24.2 Å². The van der Waals surface area contributed by atoms with Crippen molar-refractivity contribution in [3.05, 3.63) is 29.8 Å². The van der Waals surface area contributed by atoms with E-state index in [1.807, 2.05) is 31.2 Å². The zero-order valence-corrected chi connectivity index (χ0v) is 18.2. The summed E-state index contributed by atoms with van der Waals surface area (Å²) in [7, 11) is 0. The van der Waals surface area contributed by atoms with Crippen LogP contribution in [-0.2, 0) is 20.7 Å². The highest BCUT2D eigenvalue weighted by Gasteiger charge is 2.18. The molecular formula is C24H38O5. The first-order valence-electron chi connectivity index (χ1n) is 11.2. The number of unbranched alkanes of at least 4 members (excludes halogenated alkanes) is 8. The number of carboxylic acid groups (broad SMARTS) is 1. The van der Waals surface area contributed by atoms with Crippen LogP contribution in [0.15, 0.2) is 24.3 Å². The Hall–Kier alpha value is -2.04. The predicted molar refractivity (Wildman–Crippen MR) is 115 cm³/mol. The molecule has 0 aliphatic carbocycles. The molecular weight excluding hydrogens is 368 g/mol. The molecule has 0 spiro atoms. The van der Waals surface area contributed by atoms with E-state index in [9.17, 15) is 9.59 Å². The largest absolute Gasteiger partial charge is 0.494 e. The number of esters is 1. The third-order valence-corrected chi connectivity index (χ3v) is 4.91. The Morgan fingerprint density at radius 2 is 1.48 bits per heavy atom. The zero-order valence-electron chi connectivity index (χ0n) is 18.2. The van der Waals surface area contributed by atoms with Crippen LogP contribution in [0.1, 0.15) is 90.0 Å². The van der Waals surface area contributed by atoms with E-state index in [-0.39, 0.29) is 18.8 Å². The number of rotatable bonds is 17. The van der Waals surface area contributed by atoms with E-state index in [0.717, 1.165) is 30.6 Å². The van der Waals surface area contributed by atoms with Crippen LogP contribution >= 0.6 is 0 Å².